The molecule has 1 aromatic heterocycles. The van der Waals surface area contributed by atoms with Crippen molar-refractivity contribution < 1.29 is 13.9 Å². The fourth-order valence-electron chi connectivity index (χ4n) is 3.24. The first kappa shape index (κ1) is 20.5. The Morgan fingerprint density at radius 3 is 2.34 bits per heavy atom. The molecule has 0 fully saturated rings. The van der Waals surface area contributed by atoms with Crippen molar-refractivity contribution in [2.75, 3.05) is 7.11 Å². The summed E-state index contributed by atoms with van der Waals surface area (Å²) >= 11 is 0. The van der Waals surface area contributed by atoms with Crippen LogP contribution in [0.15, 0.2) is 77.4 Å². The molecule has 2 aromatic carbocycles. The van der Waals surface area contributed by atoms with Gasteiger partial charge in [0.25, 0.3) is 5.91 Å². The largest absolute Gasteiger partial charge is 0.497 e. The number of amides is 1. The molecule has 3 aromatic rings. The summed E-state index contributed by atoms with van der Waals surface area (Å²) in [5.41, 5.74) is 2.47. The van der Waals surface area contributed by atoms with Crippen LogP contribution in [0.25, 0.3) is 11.6 Å². The number of nitrogens with one attached hydrogen (secondary N) is 1. The van der Waals surface area contributed by atoms with E-state index in [1.165, 1.54) is 0 Å². The van der Waals surface area contributed by atoms with Crippen LogP contribution >= 0.6 is 0 Å². The highest BCUT2D eigenvalue weighted by Gasteiger charge is 2.20. The number of furan rings is 1. The molecule has 29 heavy (non-hydrogen) atoms. The highest BCUT2D eigenvalue weighted by molar-refractivity contribution is 6.24. The Hall–Kier alpha value is -3.27. The summed E-state index contributed by atoms with van der Waals surface area (Å²) in [6.45, 7) is 4.30. The third kappa shape index (κ3) is 5.61. The van der Waals surface area contributed by atoms with E-state index in [1.807, 2.05) is 66.7 Å². The third-order valence-corrected chi connectivity index (χ3v) is 4.69. The Morgan fingerprint density at radius 2 is 1.76 bits per heavy atom. The molecule has 3 rings (SSSR count). The van der Waals surface area contributed by atoms with E-state index in [-0.39, 0.29) is 11.9 Å². The van der Waals surface area contributed by atoms with Gasteiger partial charge in [0.15, 0.2) is 0 Å². The molecule has 0 radical (unpaired) electrons. The fourth-order valence-corrected chi connectivity index (χ4v) is 3.24. The third-order valence-electron chi connectivity index (χ3n) is 4.69. The predicted octanol–water partition coefficient (Wildman–Crippen LogP) is 5.73. The lowest BCUT2D eigenvalue weighted by Crippen LogP contribution is -2.30. The average molecular weight is 389 g/mol. The van der Waals surface area contributed by atoms with Gasteiger partial charge in [0.1, 0.15) is 11.5 Å². The molecule has 4 heteroatoms. The average Bonchev–Trinajstić information content (AvgIpc) is 3.25. The van der Waals surface area contributed by atoms with Gasteiger partial charge in [-0.05, 0) is 53.8 Å². The van der Waals surface area contributed by atoms with Gasteiger partial charge < -0.3 is 14.5 Å². The lowest BCUT2D eigenvalue weighted by molar-refractivity contribution is -0.116. The van der Waals surface area contributed by atoms with Gasteiger partial charge in [0.05, 0.1) is 25.0 Å². The minimum atomic E-state index is -0.130. The second-order valence-electron chi connectivity index (χ2n) is 7.37. The number of hydrogen-bond acceptors (Lipinski definition) is 3. The van der Waals surface area contributed by atoms with Crippen molar-refractivity contribution in [1.29, 1.82) is 0 Å². The second kappa shape index (κ2) is 9.78. The minimum Gasteiger partial charge on any atom is -0.497 e. The molecular formula is C25H27NO3. The Bertz CT molecular complexity index is 926. The van der Waals surface area contributed by atoms with Gasteiger partial charge >= 0.3 is 0 Å². The number of carbonyl (C=O) groups is 1. The first-order chi connectivity index (χ1) is 14.1. The van der Waals surface area contributed by atoms with Crippen molar-refractivity contribution in [3.05, 3.63) is 89.9 Å². The van der Waals surface area contributed by atoms with Gasteiger partial charge in [0.2, 0.25) is 0 Å². The van der Waals surface area contributed by atoms with Gasteiger partial charge in [-0.3, -0.25) is 4.79 Å². The normalized spacial score (nSPS) is 12.6. The molecule has 1 atom stereocenters. The zero-order chi connectivity index (χ0) is 20.6. The highest BCUT2D eigenvalue weighted by Crippen LogP contribution is 2.26. The number of hydrogen-bond donors (Lipinski definition) is 1. The molecule has 0 spiro atoms. The maximum absolute atomic E-state index is 13.3. The molecule has 0 unspecified atom stereocenters. The van der Waals surface area contributed by atoms with Crippen LogP contribution in [0.4, 0.5) is 0 Å². The summed E-state index contributed by atoms with van der Waals surface area (Å²) in [7, 11) is 1.65. The van der Waals surface area contributed by atoms with Crippen LogP contribution < -0.4 is 10.1 Å². The highest BCUT2D eigenvalue weighted by atomic mass is 16.5. The lowest BCUT2D eigenvalue weighted by atomic mass is 9.95. The summed E-state index contributed by atoms with van der Waals surface area (Å²) in [5, 5.41) is 3.22. The van der Waals surface area contributed by atoms with Crippen LogP contribution in [0.5, 0.6) is 5.75 Å². The van der Waals surface area contributed by atoms with Crippen LogP contribution in [-0.2, 0) is 4.79 Å². The first-order valence-corrected chi connectivity index (χ1v) is 9.82. The fraction of sp³-hybridized carbons (Fsp3) is 0.240. The van der Waals surface area contributed by atoms with E-state index >= 15 is 0 Å². The molecule has 0 aliphatic carbocycles. The van der Waals surface area contributed by atoms with E-state index in [1.54, 1.807) is 19.4 Å². The maximum atomic E-state index is 13.3. The van der Waals surface area contributed by atoms with Gasteiger partial charge in [-0.2, -0.15) is 0 Å². The summed E-state index contributed by atoms with van der Waals surface area (Å²) in [5.74, 6) is 1.74. The van der Waals surface area contributed by atoms with Crippen molar-refractivity contribution in [2.45, 2.75) is 26.3 Å². The van der Waals surface area contributed by atoms with E-state index in [4.69, 9.17) is 9.15 Å². The standard InChI is InChI=1S/C25H27NO3/c1-18(2)16-24(20-11-13-21(28-3)14-12-20)26-25(27)23(17-22-10-7-15-29-22)19-8-5-4-6-9-19/h4-15,17-18,24H,16H2,1-3H3,(H,26,27)/b23-17+/t24-/m0/s1. The van der Waals surface area contributed by atoms with Crippen molar-refractivity contribution in [1.82, 2.24) is 5.32 Å². The van der Waals surface area contributed by atoms with Crippen molar-refractivity contribution in [3.63, 3.8) is 0 Å². The zero-order valence-corrected chi connectivity index (χ0v) is 17.1. The molecule has 1 heterocycles. The second-order valence-corrected chi connectivity index (χ2v) is 7.37. The molecule has 0 saturated carbocycles. The molecular weight excluding hydrogens is 362 g/mol. The molecule has 4 nitrogen and oxygen atoms in total. The van der Waals surface area contributed by atoms with Crippen molar-refractivity contribution in [2.24, 2.45) is 5.92 Å². The van der Waals surface area contributed by atoms with E-state index < -0.39 is 0 Å². The molecule has 1 N–H and O–H groups in total. The minimum absolute atomic E-state index is 0.0999. The topological polar surface area (TPSA) is 51.5 Å². The van der Waals surface area contributed by atoms with Gasteiger partial charge in [-0.1, -0.05) is 56.3 Å². The quantitative estimate of drug-likeness (QED) is 0.500. The van der Waals surface area contributed by atoms with Crippen LogP contribution in [-0.4, -0.2) is 13.0 Å². The van der Waals surface area contributed by atoms with E-state index in [2.05, 4.69) is 19.2 Å². The molecule has 150 valence electrons. The Kier molecular flexibility index (Phi) is 6.90. The number of ether oxygens (including phenoxy) is 1. The molecule has 0 bridgehead atoms. The lowest BCUT2D eigenvalue weighted by Gasteiger charge is -2.22. The van der Waals surface area contributed by atoms with E-state index in [0.717, 1.165) is 23.3 Å². The van der Waals surface area contributed by atoms with Gasteiger partial charge in [-0.25, -0.2) is 0 Å². The zero-order valence-electron chi connectivity index (χ0n) is 17.1. The summed E-state index contributed by atoms with van der Waals surface area (Å²) < 4.78 is 10.7. The monoisotopic (exact) mass is 389 g/mol. The summed E-state index contributed by atoms with van der Waals surface area (Å²) in [4.78, 5) is 13.3. The number of methoxy groups -OCH3 is 1. The van der Waals surface area contributed by atoms with Gasteiger partial charge in [0, 0.05) is 0 Å². The number of carbonyl (C=O) groups excluding carboxylic acids is 1. The van der Waals surface area contributed by atoms with Crippen LogP contribution in [0.2, 0.25) is 0 Å². The summed E-state index contributed by atoms with van der Waals surface area (Å²) in [6.07, 6.45) is 4.22. The van der Waals surface area contributed by atoms with Crippen molar-refractivity contribution in [3.8, 4) is 5.75 Å². The van der Waals surface area contributed by atoms with E-state index in [9.17, 15) is 4.79 Å². The van der Waals surface area contributed by atoms with E-state index in [0.29, 0.717) is 17.3 Å². The number of rotatable bonds is 8. The SMILES string of the molecule is COc1ccc([C@H](CC(C)C)NC(=O)/C(=C/c2ccco2)c2ccccc2)cc1. The molecule has 0 saturated heterocycles. The predicted molar refractivity (Wildman–Crippen MR) is 116 cm³/mol. The van der Waals surface area contributed by atoms with Crippen LogP contribution in [0.1, 0.15) is 43.2 Å². The first-order valence-electron chi connectivity index (χ1n) is 9.82. The van der Waals surface area contributed by atoms with Crippen LogP contribution in [0, 0.1) is 5.92 Å². The van der Waals surface area contributed by atoms with Gasteiger partial charge in [-0.15, -0.1) is 0 Å². The molecule has 0 aliphatic rings. The Labute approximate surface area is 172 Å². The number of benzene rings is 2. The smallest absolute Gasteiger partial charge is 0.252 e. The summed E-state index contributed by atoms with van der Waals surface area (Å²) in [6, 6.07) is 21.0. The molecule has 1 amide bonds. The van der Waals surface area contributed by atoms with Crippen molar-refractivity contribution >= 4 is 17.6 Å². The molecule has 0 aliphatic heterocycles. The Balaban J connectivity index is 1.90. The Morgan fingerprint density at radius 1 is 1.03 bits per heavy atom. The van der Waals surface area contributed by atoms with Crippen LogP contribution in [0.3, 0.4) is 0 Å². The maximum Gasteiger partial charge on any atom is 0.252 e.